The average Bonchev–Trinajstić information content (AvgIpc) is 3.19. The number of methoxy groups -OCH3 is 1. The van der Waals surface area contributed by atoms with E-state index in [0.717, 1.165) is 0 Å². The van der Waals surface area contributed by atoms with Gasteiger partial charge in [-0.1, -0.05) is 12.1 Å². The minimum absolute atomic E-state index is 0.0301. The maximum atomic E-state index is 13.0. The maximum Gasteiger partial charge on any atom is 0.290 e. The van der Waals surface area contributed by atoms with Crippen molar-refractivity contribution < 1.29 is 29.0 Å². The number of aryl methyl sites for hydroxylation is 1. The van der Waals surface area contributed by atoms with Gasteiger partial charge in [0.05, 0.1) is 11.6 Å². The molecule has 7 heteroatoms. The van der Waals surface area contributed by atoms with Crippen LogP contribution >= 0.6 is 0 Å². The Kier molecular flexibility index (Phi) is 5.32. The van der Waals surface area contributed by atoms with Crippen LogP contribution in [0.15, 0.2) is 52.1 Å². The first-order valence-corrected chi connectivity index (χ1v) is 8.57. The average molecular weight is 371 g/mol. The van der Waals surface area contributed by atoms with Crippen LogP contribution in [0.2, 0.25) is 0 Å². The van der Waals surface area contributed by atoms with Gasteiger partial charge in [0, 0.05) is 20.3 Å². The molecule has 1 aromatic carbocycles. The van der Waals surface area contributed by atoms with Gasteiger partial charge in [-0.2, -0.15) is 0 Å². The summed E-state index contributed by atoms with van der Waals surface area (Å²) in [5.74, 6) is -1.05. The van der Waals surface area contributed by atoms with Crippen molar-refractivity contribution in [2.24, 2.45) is 0 Å². The second-order valence-electron chi connectivity index (χ2n) is 6.34. The van der Waals surface area contributed by atoms with E-state index in [0.29, 0.717) is 30.9 Å². The molecule has 0 unspecified atom stereocenters. The molecule has 1 amide bonds. The topological polar surface area (TPSA) is 100 Å². The van der Waals surface area contributed by atoms with E-state index in [9.17, 15) is 19.8 Å². The Balaban J connectivity index is 2.03. The number of aliphatic hydroxyl groups is 1. The molecular formula is C20H21NO6. The van der Waals surface area contributed by atoms with Gasteiger partial charge in [-0.25, -0.2) is 0 Å². The van der Waals surface area contributed by atoms with E-state index in [1.54, 1.807) is 32.2 Å². The molecule has 0 radical (unpaired) electrons. The van der Waals surface area contributed by atoms with Crippen LogP contribution in [-0.2, 0) is 9.53 Å². The zero-order chi connectivity index (χ0) is 19.6. The second-order valence-corrected chi connectivity index (χ2v) is 6.34. The zero-order valence-corrected chi connectivity index (χ0v) is 15.1. The predicted molar refractivity (Wildman–Crippen MR) is 96.5 cm³/mol. The number of benzene rings is 1. The summed E-state index contributed by atoms with van der Waals surface area (Å²) in [6.45, 7) is 2.45. The molecule has 2 aromatic rings. The first-order chi connectivity index (χ1) is 12.9. The molecule has 0 aliphatic carbocycles. The van der Waals surface area contributed by atoms with Gasteiger partial charge in [0.2, 0.25) is 5.78 Å². The van der Waals surface area contributed by atoms with Crippen molar-refractivity contribution >= 4 is 11.7 Å². The smallest absolute Gasteiger partial charge is 0.290 e. The van der Waals surface area contributed by atoms with E-state index in [1.807, 2.05) is 0 Å². The normalized spacial score (nSPS) is 17.0. The van der Waals surface area contributed by atoms with Crippen LogP contribution in [0.25, 0.3) is 0 Å². The number of carbonyl (C=O) groups is 2. The number of aliphatic hydroxyl groups excluding tert-OH is 1. The number of phenols is 1. The SMILES string of the molecule is COCCCN1C(=O)C(O)=C(C(=O)c2ccc(C)o2)[C@@H]1c1ccc(O)cc1. The van der Waals surface area contributed by atoms with Crippen LogP contribution in [0.1, 0.15) is 34.3 Å². The predicted octanol–water partition coefficient (Wildman–Crippen LogP) is 2.91. The standard InChI is InChI=1S/C20H21NO6/c1-12-4-9-15(27-12)18(23)16-17(13-5-7-14(22)8-6-13)21(10-3-11-26-2)20(25)19(16)24/h4-9,17,22,24H,3,10-11H2,1-2H3/t17-/m0/s1. The summed E-state index contributed by atoms with van der Waals surface area (Å²) in [6, 6.07) is 8.58. The first-order valence-electron chi connectivity index (χ1n) is 8.57. The molecule has 1 aliphatic heterocycles. The van der Waals surface area contributed by atoms with Crippen molar-refractivity contribution in [3.8, 4) is 5.75 Å². The fraction of sp³-hybridized carbons (Fsp3) is 0.300. The Labute approximate surface area is 156 Å². The lowest BCUT2D eigenvalue weighted by molar-refractivity contribution is -0.129. The quantitative estimate of drug-likeness (QED) is 0.573. The number of amides is 1. The van der Waals surface area contributed by atoms with E-state index in [4.69, 9.17) is 9.15 Å². The van der Waals surface area contributed by atoms with Crippen molar-refractivity contribution in [3.63, 3.8) is 0 Å². The summed E-state index contributed by atoms with van der Waals surface area (Å²) in [4.78, 5) is 27.1. The van der Waals surface area contributed by atoms with Gasteiger partial charge >= 0.3 is 0 Å². The van der Waals surface area contributed by atoms with E-state index in [1.165, 1.54) is 23.1 Å². The molecule has 0 fully saturated rings. The Bertz CT molecular complexity index is 880. The molecule has 0 saturated heterocycles. The Morgan fingerprint density at radius 2 is 1.89 bits per heavy atom. The van der Waals surface area contributed by atoms with Gasteiger partial charge in [0.15, 0.2) is 11.5 Å². The number of aromatic hydroxyl groups is 1. The number of ketones is 1. The minimum atomic E-state index is -0.770. The Hall–Kier alpha value is -3.06. The molecule has 2 heterocycles. The van der Waals surface area contributed by atoms with Crippen LogP contribution < -0.4 is 0 Å². The lowest BCUT2D eigenvalue weighted by Crippen LogP contribution is -2.32. The number of ether oxygens (including phenoxy) is 1. The molecular weight excluding hydrogens is 350 g/mol. The minimum Gasteiger partial charge on any atom is -0.508 e. The summed E-state index contributed by atoms with van der Waals surface area (Å²) in [7, 11) is 1.56. The van der Waals surface area contributed by atoms with Crippen LogP contribution in [0, 0.1) is 6.92 Å². The molecule has 1 atom stereocenters. The van der Waals surface area contributed by atoms with Gasteiger partial charge in [0.25, 0.3) is 5.91 Å². The lowest BCUT2D eigenvalue weighted by Gasteiger charge is -2.26. The van der Waals surface area contributed by atoms with Gasteiger partial charge < -0.3 is 24.3 Å². The highest BCUT2D eigenvalue weighted by Crippen LogP contribution is 2.39. The molecule has 3 rings (SSSR count). The molecule has 0 saturated carbocycles. The lowest BCUT2D eigenvalue weighted by atomic mass is 9.95. The molecule has 27 heavy (non-hydrogen) atoms. The fourth-order valence-corrected chi connectivity index (χ4v) is 3.19. The fourth-order valence-electron chi connectivity index (χ4n) is 3.19. The van der Waals surface area contributed by atoms with Crippen molar-refractivity contribution in [2.75, 3.05) is 20.3 Å². The number of rotatable bonds is 7. The van der Waals surface area contributed by atoms with Gasteiger partial charge in [-0.3, -0.25) is 9.59 Å². The second kappa shape index (κ2) is 7.67. The summed E-state index contributed by atoms with van der Waals surface area (Å²) >= 11 is 0. The highest BCUT2D eigenvalue weighted by molar-refractivity contribution is 6.15. The highest BCUT2D eigenvalue weighted by atomic mass is 16.5. The Morgan fingerprint density at radius 3 is 2.48 bits per heavy atom. The maximum absolute atomic E-state index is 13.0. The van der Waals surface area contributed by atoms with Crippen molar-refractivity contribution in [2.45, 2.75) is 19.4 Å². The number of hydrogen-bond donors (Lipinski definition) is 2. The van der Waals surface area contributed by atoms with Crippen molar-refractivity contribution in [1.82, 2.24) is 4.90 Å². The molecule has 0 bridgehead atoms. The van der Waals surface area contributed by atoms with Gasteiger partial charge in [-0.05, 0) is 43.2 Å². The van der Waals surface area contributed by atoms with Crippen LogP contribution in [-0.4, -0.2) is 47.1 Å². The van der Waals surface area contributed by atoms with Crippen molar-refractivity contribution in [3.05, 3.63) is 64.8 Å². The largest absolute Gasteiger partial charge is 0.508 e. The number of Topliss-reactive ketones (excluding diaryl/α,β-unsaturated/α-hetero) is 1. The number of furan rings is 1. The summed E-state index contributed by atoms with van der Waals surface area (Å²) < 4.78 is 10.4. The van der Waals surface area contributed by atoms with Crippen molar-refractivity contribution in [1.29, 1.82) is 0 Å². The number of nitrogens with zero attached hydrogens (tertiary/aromatic N) is 1. The monoisotopic (exact) mass is 371 g/mol. The first kappa shape index (κ1) is 18.7. The molecule has 2 N–H and O–H groups in total. The van der Waals surface area contributed by atoms with E-state index in [-0.39, 0.29) is 17.1 Å². The number of hydrogen-bond acceptors (Lipinski definition) is 6. The third-order valence-electron chi connectivity index (χ3n) is 4.47. The van der Waals surface area contributed by atoms with E-state index in [2.05, 4.69) is 0 Å². The zero-order valence-electron chi connectivity index (χ0n) is 15.1. The Morgan fingerprint density at radius 1 is 1.19 bits per heavy atom. The highest BCUT2D eigenvalue weighted by Gasteiger charge is 2.44. The van der Waals surface area contributed by atoms with E-state index >= 15 is 0 Å². The summed E-state index contributed by atoms with van der Waals surface area (Å²) in [5, 5.41) is 20.0. The summed E-state index contributed by atoms with van der Waals surface area (Å²) in [6.07, 6.45) is 0.547. The molecule has 142 valence electrons. The van der Waals surface area contributed by atoms with Crippen LogP contribution in [0.4, 0.5) is 0 Å². The molecule has 1 aromatic heterocycles. The van der Waals surface area contributed by atoms with Crippen LogP contribution in [0.5, 0.6) is 5.75 Å². The molecule has 7 nitrogen and oxygen atoms in total. The third kappa shape index (κ3) is 3.59. The molecule has 1 aliphatic rings. The molecule has 0 spiro atoms. The van der Waals surface area contributed by atoms with E-state index < -0.39 is 23.5 Å². The summed E-state index contributed by atoms with van der Waals surface area (Å²) in [5.41, 5.74) is 0.576. The van der Waals surface area contributed by atoms with Crippen LogP contribution in [0.3, 0.4) is 0 Å². The van der Waals surface area contributed by atoms with Gasteiger partial charge in [-0.15, -0.1) is 0 Å². The van der Waals surface area contributed by atoms with Gasteiger partial charge in [0.1, 0.15) is 11.5 Å². The number of phenolic OH excluding ortho intramolecular Hbond substituents is 1. The third-order valence-corrected chi connectivity index (χ3v) is 4.47. The number of carbonyl (C=O) groups excluding carboxylic acids is 2.